The van der Waals surface area contributed by atoms with Gasteiger partial charge >= 0.3 is 0 Å². The maximum absolute atomic E-state index is 11.1. The Labute approximate surface area is 172 Å². The fourth-order valence-corrected chi connectivity index (χ4v) is 3.08. The lowest BCUT2D eigenvalue weighted by Gasteiger charge is -2.17. The molecule has 2 N–H and O–H groups in total. The van der Waals surface area contributed by atoms with Crippen molar-refractivity contribution in [3.8, 4) is 45.7 Å². The van der Waals surface area contributed by atoms with Crippen LogP contribution in [-0.4, -0.2) is 31.2 Å². The Kier molecular flexibility index (Phi) is 5.69. The largest absolute Gasteiger partial charge is 0.496 e. The van der Waals surface area contributed by atoms with Crippen LogP contribution < -0.4 is 19.9 Å². The number of aromatic nitrogens is 1. The van der Waals surface area contributed by atoms with Crippen LogP contribution in [0.4, 0.5) is 11.5 Å². The number of nitrogens with zero attached hydrogens (tertiary/aromatic N) is 3. The predicted octanol–water partition coefficient (Wildman–Crippen LogP) is 3.80. The standard InChI is InChI=1S/C21H18N4O5/c1-28-14-8-18(29-2)20(19(9-14)30-3)15-10-17(24-21(23)16(15)11-22)12-5-4-6-13(7-12)25(26)27/h4-10H,1-3H3,(H2,23,24). The van der Waals surface area contributed by atoms with Crippen molar-refractivity contribution in [2.24, 2.45) is 0 Å². The number of hydrogen-bond donors (Lipinski definition) is 1. The molecule has 0 amide bonds. The SMILES string of the molecule is COc1cc(OC)c(-c2cc(-c3cccc([N+](=O)[O-])c3)nc(N)c2C#N)c(OC)c1. The van der Waals surface area contributed by atoms with E-state index < -0.39 is 4.92 Å². The van der Waals surface area contributed by atoms with Crippen molar-refractivity contribution in [2.75, 3.05) is 27.1 Å². The van der Waals surface area contributed by atoms with Gasteiger partial charge in [-0.3, -0.25) is 10.1 Å². The molecule has 30 heavy (non-hydrogen) atoms. The highest BCUT2D eigenvalue weighted by Gasteiger charge is 2.22. The quantitative estimate of drug-likeness (QED) is 0.482. The first-order valence-electron chi connectivity index (χ1n) is 8.69. The number of nitro benzene ring substituents is 1. The van der Waals surface area contributed by atoms with E-state index in [0.717, 1.165) is 0 Å². The summed E-state index contributed by atoms with van der Waals surface area (Å²) < 4.78 is 16.3. The van der Waals surface area contributed by atoms with Crippen molar-refractivity contribution in [2.45, 2.75) is 0 Å². The lowest BCUT2D eigenvalue weighted by Crippen LogP contribution is -2.02. The molecule has 3 rings (SSSR count). The number of benzene rings is 2. The summed E-state index contributed by atoms with van der Waals surface area (Å²) in [7, 11) is 4.48. The topological polar surface area (TPSA) is 134 Å². The molecule has 0 spiro atoms. The lowest BCUT2D eigenvalue weighted by molar-refractivity contribution is -0.384. The third-order valence-electron chi connectivity index (χ3n) is 4.50. The summed E-state index contributed by atoms with van der Waals surface area (Å²) in [6.07, 6.45) is 0. The van der Waals surface area contributed by atoms with Crippen LogP contribution in [0.25, 0.3) is 22.4 Å². The van der Waals surface area contributed by atoms with Gasteiger partial charge in [-0.2, -0.15) is 5.26 Å². The molecule has 3 aromatic rings. The first-order valence-corrected chi connectivity index (χ1v) is 8.69. The maximum atomic E-state index is 11.1. The molecule has 2 aromatic carbocycles. The molecule has 0 fully saturated rings. The minimum absolute atomic E-state index is 0.0172. The molecule has 0 radical (unpaired) electrons. The summed E-state index contributed by atoms with van der Waals surface area (Å²) in [5.41, 5.74) is 7.87. The second-order valence-corrected chi connectivity index (χ2v) is 6.14. The molecule has 0 aliphatic heterocycles. The monoisotopic (exact) mass is 406 g/mol. The van der Waals surface area contributed by atoms with E-state index in [2.05, 4.69) is 11.1 Å². The molecule has 0 saturated heterocycles. The van der Waals surface area contributed by atoms with Gasteiger partial charge in [0.2, 0.25) is 0 Å². The van der Waals surface area contributed by atoms with E-state index in [9.17, 15) is 15.4 Å². The molecule has 1 heterocycles. The van der Waals surface area contributed by atoms with E-state index in [-0.39, 0.29) is 17.1 Å². The number of anilines is 1. The van der Waals surface area contributed by atoms with E-state index in [1.807, 2.05) is 0 Å². The summed E-state index contributed by atoms with van der Waals surface area (Å²) in [5.74, 6) is 1.29. The number of rotatable bonds is 6. The van der Waals surface area contributed by atoms with Gasteiger partial charge in [0, 0.05) is 35.4 Å². The van der Waals surface area contributed by atoms with Crippen molar-refractivity contribution in [3.63, 3.8) is 0 Å². The molecule has 0 aliphatic rings. The van der Waals surface area contributed by atoms with Crippen LogP contribution in [0, 0.1) is 21.4 Å². The Morgan fingerprint density at radius 2 is 1.73 bits per heavy atom. The molecule has 0 unspecified atom stereocenters. The van der Waals surface area contributed by atoms with Crippen molar-refractivity contribution in [1.29, 1.82) is 5.26 Å². The zero-order valence-corrected chi connectivity index (χ0v) is 16.5. The van der Waals surface area contributed by atoms with E-state index >= 15 is 0 Å². The van der Waals surface area contributed by atoms with Gasteiger partial charge in [0.1, 0.15) is 34.7 Å². The minimum atomic E-state index is -0.493. The van der Waals surface area contributed by atoms with Gasteiger partial charge in [-0.05, 0) is 6.07 Å². The zero-order chi connectivity index (χ0) is 21.8. The van der Waals surface area contributed by atoms with Crippen molar-refractivity contribution in [3.05, 3.63) is 58.1 Å². The smallest absolute Gasteiger partial charge is 0.270 e. The molecular weight excluding hydrogens is 388 g/mol. The summed E-state index contributed by atoms with van der Waals surface area (Å²) in [4.78, 5) is 14.9. The number of nitrogens with two attached hydrogens (primary N) is 1. The van der Waals surface area contributed by atoms with Crippen LogP contribution in [0.1, 0.15) is 5.56 Å². The average Bonchev–Trinajstić information content (AvgIpc) is 2.77. The fourth-order valence-electron chi connectivity index (χ4n) is 3.08. The van der Waals surface area contributed by atoms with Gasteiger partial charge in [0.25, 0.3) is 5.69 Å². The normalized spacial score (nSPS) is 10.2. The highest BCUT2D eigenvalue weighted by Crippen LogP contribution is 2.44. The number of nitro groups is 1. The lowest BCUT2D eigenvalue weighted by atomic mass is 9.96. The van der Waals surface area contributed by atoms with Crippen LogP contribution >= 0.6 is 0 Å². The number of hydrogen-bond acceptors (Lipinski definition) is 8. The summed E-state index contributed by atoms with van der Waals surface area (Å²) >= 11 is 0. The molecule has 0 aliphatic carbocycles. The van der Waals surface area contributed by atoms with Crippen LogP contribution in [0.5, 0.6) is 17.2 Å². The van der Waals surface area contributed by atoms with Crippen LogP contribution in [0.15, 0.2) is 42.5 Å². The van der Waals surface area contributed by atoms with E-state index in [1.165, 1.54) is 33.5 Å². The molecule has 9 nitrogen and oxygen atoms in total. The number of ether oxygens (including phenoxy) is 3. The summed E-state index contributed by atoms with van der Waals surface area (Å²) in [5, 5.41) is 20.8. The zero-order valence-electron chi connectivity index (χ0n) is 16.5. The Morgan fingerprint density at radius 1 is 1.07 bits per heavy atom. The molecule has 152 valence electrons. The molecule has 0 saturated carbocycles. The van der Waals surface area contributed by atoms with Gasteiger partial charge < -0.3 is 19.9 Å². The molecule has 9 heteroatoms. The number of nitrogen functional groups attached to an aromatic ring is 1. The van der Waals surface area contributed by atoms with Gasteiger partial charge in [-0.1, -0.05) is 12.1 Å². The third-order valence-corrected chi connectivity index (χ3v) is 4.50. The van der Waals surface area contributed by atoms with Crippen molar-refractivity contribution < 1.29 is 19.1 Å². The van der Waals surface area contributed by atoms with Gasteiger partial charge in [-0.15, -0.1) is 0 Å². The Morgan fingerprint density at radius 3 is 2.27 bits per heavy atom. The van der Waals surface area contributed by atoms with Crippen LogP contribution in [-0.2, 0) is 0 Å². The number of non-ortho nitro benzene ring substituents is 1. The Balaban J connectivity index is 2.33. The van der Waals surface area contributed by atoms with Crippen molar-refractivity contribution >= 4 is 11.5 Å². The maximum Gasteiger partial charge on any atom is 0.270 e. The van der Waals surface area contributed by atoms with Crippen molar-refractivity contribution in [1.82, 2.24) is 4.98 Å². The average molecular weight is 406 g/mol. The third kappa shape index (κ3) is 3.66. The molecule has 1 aromatic heterocycles. The van der Waals surface area contributed by atoms with Crippen LogP contribution in [0.2, 0.25) is 0 Å². The fraction of sp³-hybridized carbons (Fsp3) is 0.143. The number of methoxy groups -OCH3 is 3. The molecular formula is C21H18N4O5. The number of pyridine rings is 1. The second-order valence-electron chi connectivity index (χ2n) is 6.14. The minimum Gasteiger partial charge on any atom is -0.496 e. The highest BCUT2D eigenvalue weighted by atomic mass is 16.6. The first-order chi connectivity index (χ1) is 14.4. The van der Waals surface area contributed by atoms with Gasteiger partial charge in [-0.25, -0.2) is 4.98 Å². The predicted molar refractivity (Wildman–Crippen MR) is 111 cm³/mol. The first kappa shape index (κ1) is 20.4. The number of nitriles is 1. The van der Waals surface area contributed by atoms with E-state index in [1.54, 1.807) is 30.3 Å². The van der Waals surface area contributed by atoms with Crippen LogP contribution in [0.3, 0.4) is 0 Å². The van der Waals surface area contributed by atoms with Gasteiger partial charge in [0.05, 0.1) is 37.5 Å². The molecule has 0 atom stereocenters. The van der Waals surface area contributed by atoms with Gasteiger partial charge in [0.15, 0.2) is 0 Å². The molecule has 0 bridgehead atoms. The second kappa shape index (κ2) is 8.36. The van der Waals surface area contributed by atoms with E-state index in [0.29, 0.717) is 39.6 Å². The Hall–Kier alpha value is -4.32. The van der Waals surface area contributed by atoms with E-state index in [4.69, 9.17) is 19.9 Å². The summed E-state index contributed by atoms with van der Waals surface area (Å²) in [6.45, 7) is 0. The Bertz CT molecular complexity index is 1150. The summed E-state index contributed by atoms with van der Waals surface area (Å²) in [6, 6.07) is 13.0. The highest BCUT2D eigenvalue weighted by molar-refractivity contribution is 5.87.